The lowest BCUT2D eigenvalue weighted by Crippen LogP contribution is -2.25. The number of hydrogen-bond donors (Lipinski definition) is 2. The average Bonchev–Trinajstić information content (AvgIpc) is 2.48. The van der Waals surface area contributed by atoms with Crippen molar-refractivity contribution in [2.45, 2.75) is 20.4 Å². The molecule has 4 heteroatoms. The molecular weight excluding hydrogens is 264 g/mol. The van der Waals surface area contributed by atoms with Crippen molar-refractivity contribution < 1.29 is 9.53 Å². The number of nitrogens with one attached hydrogen (secondary N) is 2. The lowest BCUT2D eigenvalue weighted by molar-refractivity contribution is -0.118. The third-order valence-electron chi connectivity index (χ3n) is 3.81. The molecule has 1 amide bonds. The first kappa shape index (κ1) is 13.5. The van der Waals surface area contributed by atoms with E-state index in [4.69, 9.17) is 4.74 Å². The summed E-state index contributed by atoms with van der Waals surface area (Å²) in [4.78, 5) is 11.3. The van der Waals surface area contributed by atoms with Gasteiger partial charge in [0.2, 0.25) is 0 Å². The van der Waals surface area contributed by atoms with E-state index < -0.39 is 0 Å². The Labute approximate surface area is 124 Å². The molecule has 0 spiro atoms. The van der Waals surface area contributed by atoms with Gasteiger partial charge < -0.3 is 15.4 Å². The van der Waals surface area contributed by atoms with Crippen molar-refractivity contribution in [3.8, 4) is 5.75 Å². The number of amides is 1. The molecule has 0 bridgehead atoms. The van der Waals surface area contributed by atoms with Crippen LogP contribution < -0.4 is 15.4 Å². The molecule has 1 aliphatic rings. The Morgan fingerprint density at radius 1 is 1.24 bits per heavy atom. The molecule has 2 N–H and O–H groups in total. The fourth-order valence-corrected chi connectivity index (χ4v) is 2.39. The number of rotatable bonds is 3. The quantitative estimate of drug-likeness (QED) is 0.908. The average molecular weight is 282 g/mol. The van der Waals surface area contributed by atoms with E-state index in [0.717, 1.165) is 17.9 Å². The predicted octanol–water partition coefficient (Wildman–Crippen LogP) is 3.25. The van der Waals surface area contributed by atoms with E-state index in [9.17, 15) is 4.79 Å². The van der Waals surface area contributed by atoms with Crippen molar-refractivity contribution >= 4 is 17.3 Å². The third kappa shape index (κ3) is 2.84. The summed E-state index contributed by atoms with van der Waals surface area (Å²) in [6.45, 7) is 5.08. The number of hydrogen-bond acceptors (Lipinski definition) is 3. The van der Waals surface area contributed by atoms with Gasteiger partial charge in [0.1, 0.15) is 5.75 Å². The standard InChI is InChI=1S/C17H18N2O2/c1-11-4-3-5-13(12(11)2)9-18-14-6-7-16-15(8-14)19-17(20)10-21-16/h3-8,18H,9-10H2,1-2H3,(H,19,20). The summed E-state index contributed by atoms with van der Waals surface area (Å²) < 4.78 is 5.35. The molecular formula is C17H18N2O2. The molecule has 4 nitrogen and oxygen atoms in total. The van der Waals surface area contributed by atoms with Crippen LogP contribution in [0.1, 0.15) is 16.7 Å². The van der Waals surface area contributed by atoms with Crippen LogP contribution in [0.5, 0.6) is 5.75 Å². The molecule has 0 fully saturated rings. The first-order valence-electron chi connectivity index (χ1n) is 6.99. The van der Waals surface area contributed by atoms with Crippen molar-refractivity contribution in [1.29, 1.82) is 0 Å². The fraction of sp³-hybridized carbons (Fsp3) is 0.235. The smallest absolute Gasteiger partial charge is 0.262 e. The second kappa shape index (κ2) is 5.48. The van der Waals surface area contributed by atoms with Crippen LogP contribution in [0.2, 0.25) is 0 Å². The van der Waals surface area contributed by atoms with Crippen molar-refractivity contribution in [3.05, 3.63) is 53.1 Å². The van der Waals surface area contributed by atoms with Crippen LogP contribution in [0.15, 0.2) is 36.4 Å². The molecule has 2 aromatic carbocycles. The van der Waals surface area contributed by atoms with Gasteiger partial charge in [0, 0.05) is 12.2 Å². The zero-order chi connectivity index (χ0) is 14.8. The number of fused-ring (bicyclic) bond motifs is 1. The number of carbonyl (C=O) groups excluding carboxylic acids is 1. The number of aryl methyl sites for hydroxylation is 1. The summed E-state index contributed by atoms with van der Waals surface area (Å²) in [6, 6.07) is 12.0. The Morgan fingerprint density at radius 2 is 2.10 bits per heavy atom. The molecule has 3 rings (SSSR count). The highest BCUT2D eigenvalue weighted by Crippen LogP contribution is 2.30. The summed E-state index contributed by atoms with van der Waals surface area (Å²) in [5.41, 5.74) is 5.55. The van der Waals surface area contributed by atoms with Gasteiger partial charge in [-0.25, -0.2) is 0 Å². The second-order valence-electron chi connectivity index (χ2n) is 5.26. The molecule has 1 aliphatic heterocycles. The van der Waals surface area contributed by atoms with Gasteiger partial charge in [-0.05, 0) is 48.7 Å². The van der Waals surface area contributed by atoms with Gasteiger partial charge in [0.25, 0.3) is 5.91 Å². The van der Waals surface area contributed by atoms with Crippen LogP contribution in [0, 0.1) is 13.8 Å². The number of carbonyl (C=O) groups is 1. The summed E-state index contributed by atoms with van der Waals surface area (Å²) >= 11 is 0. The van der Waals surface area contributed by atoms with E-state index in [1.807, 2.05) is 18.2 Å². The normalized spacial score (nSPS) is 13.1. The largest absolute Gasteiger partial charge is 0.482 e. The van der Waals surface area contributed by atoms with Crippen LogP contribution in [-0.4, -0.2) is 12.5 Å². The second-order valence-corrected chi connectivity index (χ2v) is 5.26. The van der Waals surface area contributed by atoms with Crippen molar-refractivity contribution in [1.82, 2.24) is 0 Å². The SMILES string of the molecule is Cc1cccc(CNc2ccc3c(c2)NC(=O)CO3)c1C. The van der Waals surface area contributed by atoms with Crippen molar-refractivity contribution in [3.63, 3.8) is 0 Å². The maximum absolute atomic E-state index is 11.3. The highest BCUT2D eigenvalue weighted by molar-refractivity contribution is 5.96. The Bertz CT molecular complexity index is 695. The highest BCUT2D eigenvalue weighted by Gasteiger charge is 2.15. The van der Waals surface area contributed by atoms with E-state index in [0.29, 0.717) is 5.75 Å². The molecule has 0 saturated carbocycles. The fourth-order valence-electron chi connectivity index (χ4n) is 2.39. The maximum atomic E-state index is 11.3. The summed E-state index contributed by atoms with van der Waals surface area (Å²) in [5, 5.41) is 6.20. The van der Waals surface area contributed by atoms with Gasteiger partial charge in [-0.2, -0.15) is 0 Å². The van der Waals surface area contributed by atoms with E-state index in [1.165, 1.54) is 16.7 Å². The lowest BCUT2D eigenvalue weighted by Gasteiger charge is -2.19. The van der Waals surface area contributed by atoms with Crippen molar-refractivity contribution in [2.24, 2.45) is 0 Å². The Morgan fingerprint density at radius 3 is 2.95 bits per heavy atom. The van der Waals surface area contributed by atoms with E-state index in [1.54, 1.807) is 0 Å². The minimum absolute atomic E-state index is 0.0856. The van der Waals surface area contributed by atoms with E-state index >= 15 is 0 Å². The number of benzene rings is 2. The van der Waals surface area contributed by atoms with Gasteiger partial charge >= 0.3 is 0 Å². The summed E-state index contributed by atoms with van der Waals surface area (Å²) in [6.07, 6.45) is 0. The predicted molar refractivity (Wildman–Crippen MR) is 83.8 cm³/mol. The minimum atomic E-state index is -0.117. The molecule has 0 unspecified atom stereocenters. The van der Waals surface area contributed by atoms with Gasteiger partial charge in [-0.3, -0.25) is 4.79 Å². The zero-order valence-electron chi connectivity index (χ0n) is 12.2. The van der Waals surface area contributed by atoms with Gasteiger partial charge in [-0.15, -0.1) is 0 Å². The topological polar surface area (TPSA) is 50.4 Å². The first-order chi connectivity index (χ1) is 10.1. The summed E-state index contributed by atoms with van der Waals surface area (Å²) in [5.74, 6) is 0.598. The van der Waals surface area contributed by atoms with E-state index in [2.05, 4.69) is 42.7 Å². The number of anilines is 2. The molecule has 0 atom stereocenters. The van der Waals surface area contributed by atoms with Gasteiger partial charge in [-0.1, -0.05) is 18.2 Å². The monoisotopic (exact) mass is 282 g/mol. The number of ether oxygens (including phenoxy) is 1. The Hall–Kier alpha value is -2.49. The van der Waals surface area contributed by atoms with Gasteiger partial charge in [0.05, 0.1) is 5.69 Å². The van der Waals surface area contributed by atoms with Crippen LogP contribution >= 0.6 is 0 Å². The zero-order valence-corrected chi connectivity index (χ0v) is 12.2. The molecule has 0 aliphatic carbocycles. The molecule has 2 aromatic rings. The maximum Gasteiger partial charge on any atom is 0.262 e. The van der Waals surface area contributed by atoms with Crippen molar-refractivity contribution in [2.75, 3.05) is 17.2 Å². The van der Waals surface area contributed by atoms with Gasteiger partial charge in [0.15, 0.2) is 6.61 Å². The lowest BCUT2D eigenvalue weighted by atomic mass is 10.0. The first-order valence-corrected chi connectivity index (χ1v) is 6.99. The summed E-state index contributed by atoms with van der Waals surface area (Å²) in [7, 11) is 0. The molecule has 1 heterocycles. The van der Waals surface area contributed by atoms with Crippen LogP contribution in [0.4, 0.5) is 11.4 Å². The molecule has 0 aromatic heterocycles. The molecule has 108 valence electrons. The minimum Gasteiger partial charge on any atom is -0.482 e. The Kier molecular flexibility index (Phi) is 3.52. The van der Waals surface area contributed by atoms with Crippen LogP contribution in [-0.2, 0) is 11.3 Å². The van der Waals surface area contributed by atoms with Crippen LogP contribution in [0.25, 0.3) is 0 Å². The molecule has 0 saturated heterocycles. The van der Waals surface area contributed by atoms with E-state index in [-0.39, 0.29) is 12.5 Å². The Balaban J connectivity index is 1.75. The highest BCUT2D eigenvalue weighted by atomic mass is 16.5. The van der Waals surface area contributed by atoms with Crippen LogP contribution in [0.3, 0.4) is 0 Å². The third-order valence-corrected chi connectivity index (χ3v) is 3.81. The molecule has 0 radical (unpaired) electrons. The molecule has 21 heavy (non-hydrogen) atoms.